The minimum absolute atomic E-state index is 0.150. The standard InChI is InChI=1S/3C30H40N6O3/c3*1-30(2,3)39-25-19-35(20-25)28(37)16-22-8-6-5-7-21-15-23(9-10-26(21)22)27-11-12-31-29(34-27)33-24-17-32-36(18-24)13-14-38-4/h3*9-12,15,17-18,22,25H,5-8,13-14,16,19-20H2,1-4H3,(H,31,33,34)/t2*22-;/m10./s1. The van der Waals surface area contributed by atoms with E-state index in [9.17, 15) is 14.4 Å². The lowest BCUT2D eigenvalue weighted by atomic mass is 9.88. The molecular weight excluding hydrogens is 1480 g/mol. The molecule has 15 rings (SSSR count). The topological polar surface area (TPSA) is 283 Å². The molecule has 3 aliphatic heterocycles. The largest absolute Gasteiger partial charge is 0.383 e. The van der Waals surface area contributed by atoms with Gasteiger partial charge in [-0.1, -0.05) is 55.7 Å². The number of anilines is 6. The Morgan fingerprint density at radius 2 is 0.675 bits per heavy atom. The highest BCUT2D eigenvalue weighted by Crippen LogP contribution is 2.41. The zero-order chi connectivity index (χ0) is 82.2. The van der Waals surface area contributed by atoms with E-state index in [1.807, 2.05) is 65.5 Å². The Kier molecular flexibility index (Phi) is 28.4. The fraction of sp³-hybridized carbons (Fsp3) is 0.533. The Labute approximate surface area is 689 Å². The summed E-state index contributed by atoms with van der Waals surface area (Å²) in [5, 5.41) is 22.8. The second kappa shape index (κ2) is 39.1. The first kappa shape index (κ1) is 85.0. The van der Waals surface area contributed by atoms with Crippen LogP contribution in [0.3, 0.4) is 0 Å². The smallest absolute Gasteiger partial charge is 0.227 e. The maximum Gasteiger partial charge on any atom is 0.227 e. The predicted molar refractivity (Wildman–Crippen MR) is 453 cm³/mol. The van der Waals surface area contributed by atoms with Gasteiger partial charge in [0.2, 0.25) is 35.6 Å². The highest BCUT2D eigenvalue weighted by atomic mass is 16.5. The van der Waals surface area contributed by atoms with Crippen LogP contribution in [0.2, 0.25) is 0 Å². The molecule has 624 valence electrons. The number of aromatic nitrogens is 12. The number of hydrogen-bond acceptors (Lipinski definition) is 21. The Hall–Kier alpha value is -9.90. The summed E-state index contributed by atoms with van der Waals surface area (Å²) in [5.74, 6) is 3.06. The normalized spacial score (nSPS) is 17.8. The molecule has 0 bridgehead atoms. The molecule has 0 saturated carbocycles. The molecule has 3 amide bonds. The lowest BCUT2D eigenvalue weighted by Gasteiger charge is -2.42. The van der Waals surface area contributed by atoms with Gasteiger partial charge in [-0.2, -0.15) is 15.3 Å². The molecule has 3 atom stereocenters. The van der Waals surface area contributed by atoms with Crippen LogP contribution < -0.4 is 16.0 Å². The average molecular weight is 1600 g/mol. The molecule has 0 spiro atoms. The summed E-state index contributed by atoms with van der Waals surface area (Å²) >= 11 is 0. The number of amides is 3. The summed E-state index contributed by atoms with van der Waals surface area (Å²) in [6.07, 6.45) is 31.5. The first-order chi connectivity index (χ1) is 56.3. The van der Waals surface area contributed by atoms with Crippen LogP contribution >= 0.6 is 0 Å². The van der Waals surface area contributed by atoms with Crippen molar-refractivity contribution in [1.82, 2.24) is 73.9 Å². The zero-order valence-electron chi connectivity index (χ0n) is 70.6. The van der Waals surface area contributed by atoms with E-state index in [2.05, 4.69) is 163 Å². The highest BCUT2D eigenvalue weighted by Gasteiger charge is 2.39. The number of carbonyl (C=O) groups excluding carboxylic acids is 3. The van der Waals surface area contributed by atoms with E-state index in [-0.39, 0.29) is 70.6 Å². The minimum Gasteiger partial charge on any atom is -0.383 e. The lowest BCUT2D eigenvalue weighted by Crippen LogP contribution is -2.56. The van der Waals surface area contributed by atoms with Gasteiger partial charge in [0.1, 0.15) is 0 Å². The summed E-state index contributed by atoms with van der Waals surface area (Å²) in [5.41, 5.74) is 15.7. The van der Waals surface area contributed by atoms with Crippen molar-refractivity contribution < 1.29 is 42.8 Å². The number of nitrogens with one attached hydrogen (secondary N) is 3. The number of rotatable bonds is 27. The van der Waals surface area contributed by atoms with Crippen LogP contribution in [0.25, 0.3) is 33.8 Å². The van der Waals surface area contributed by atoms with Crippen molar-refractivity contribution in [3.8, 4) is 33.8 Å². The number of fused-ring (bicyclic) bond motifs is 3. The third-order valence-electron chi connectivity index (χ3n) is 22.0. The first-order valence-corrected chi connectivity index (χ1v) is 41.9. The zero-order valence-corrected chi connectivity index (χ0v) is 70.6. The van der Waals surface area contributed by atoms with Crippen molar-refractivity contribution in [3.63, 3.8) is 0 Å². The quantitative estimate of drug-likeness (QED) is 0.0403. The Bertz CT molecular complexity index is 4300. The molecule has 27 heteroatoms. The van der Waals surface area contributed by atoms with E-state index in [0.29, 0.717) is 116 Å². The molecule has 3 aliphatic carbocycles. The number of likely N-dealkylation sites (tertiary alicyclic amines) is 3. The van der Waals surface area contributed by atoms with Crippen molar-refractivity contribution in [1.29, 1.82) is 0 Å². The Balaban J connectivity index is 0.000000152. The number of ether oxygens (including phenoxy) is 6. The minimum atomic E-state index is -0.175. The highest BCUT2D eigenvalue weighted by molar-refractivity contribution is 5.80. The van der Waals surface area contributed by atoms with Crippen molar-refractivity contribution >= 4 is 52.6 Å². The number of methoxy groups -OCH3 is 3. The summed E-state index contributed by atoms with van der Waals surface area (Å²) in [7, 11) is 5.03. The van der Waals surface area contributed by atoms with Gasteiger partial charge in [0.05, 0.1) is 127 Å². The van der Waals surface area contributed by atoms with Gasteiger partial charge in [-0.15, -0.1) is 0 Å². The number of aryl methyl sites for hydroxylation is 3. The van der Waals surface area contributed by atoms with Gasteiger partial charge in [0.25, 0.3) is 0 Å². The molecular formula is C90H120N18O9. The molecule has 3 aromatic carbocycles. The molecule has 3 fully saturated rings. The van der Waals surface area contributed by atoms with Crippen LogP contribution in [0.15, 0.2) is 129 Å². The van der Waals surface area contributed by atoms with Crippen molar-refractivity contribution in [2.45, 2.75) is 231 Å². The van der Waals surface area contributed by atoms with Crippen molar-refractivity contribution in [2.75, 3.05) is 96.4 Å². The molecule has 117 heavy (non-hydrogen) atoms. The van der Waals surface area contributed by atoms with Crippen LogP contribution in [0, 0.1) is 0 Å². The summed E-state index contributed by atoms with van der Waals surface area (Å²) in [4.78, 5) is 72.6. The van der Waals surface area contributed by atoms with Gasteiger partial charge >= 0.3 is 0 Å². The third-order valence-corrected chi connectivity index (χ3v) is 22.0. The van der Waals surface area contributed by atoms with Crippen molar-refractivity contribution in [3.05, 3.63) is 162 Å². The first-order valence-electron chi connectivity index (χ1n) is 41.9. The van der Waals surface area contributed by atoms with Crippen LogP contribution in [-0.2, 0) is 81.7 Å². The van der Waals surface area contributed by atoms with Crippen LogP contribution in [0.4, 0.5) is 34.9 Å². The van der Waals surface area contributed by atoms with Gasteiger partial charge in [-0.3, -0.25) is 28.4 Å². The molecule has 3 saturated heterocycles. The number of benzene rings is 3. The van der Waals surface area contributed by atoms with Crippen LogP contribution in [-0.4, -0.2) is 207 Å². The molecule has 9 heterocycles. The monoisotopic (exact) mass is 1600 g/mol. The van der Waals surface area contributed by atoms with E-state index < -0.39 is 0 Å². The molecule has 27 nitrogen and oxygen atoms in total. The fourth-order valence-electron chi connectivity index (χ4n) is 16.4. The maximum atomic E-state index is 13.1. The van der Waals surface area contributed by atoms with Crippen molar-refractivity contribution in [2.24, 2.45) is 0 Å². The van der Waals surface area contributed by atoms with E-state index in [0.717, 1.165) is 128 Å². The fourth-order valence-corrected chi connectivity index (χ4v) is 16.4. The number of hydrogen-bond donors (Lipinski definition) is 3. The lowest BCUT2D eigenvalue weighted by molar-refractivity contribution is -0.158. The van der Waals surface area contributed by atoms with E-state index in [4.69, 9.17) is 43.4 Å². The summed E-state index contributed by atoms with van der Waals surface area (Å²) in [6, 6.07) is 25.6. The SMILES string of the molecule is COCCn1cc(Nc2nccc(-c3ccc4c(c3)CCCCC4CC(=O)N3CC(OC(C)(C)C)C3)n2)cn1.COCCn1cc(Nc2nccc(-c3ccc4c(c3)CCCC[C@@H]4CC(=O)N3CC(OC(C)(C)C)C3)n2)cn1.COCCn1cc(Nc2nccc(-c3ccc4c(c3)CCCC[C@H]4CC(=O)N3CC(OC(C)(C)C)C3)n2)cn1. The number of carbonyl (C=O) groups is 3. The molecule has 1 unspecified atom stereocenters. The predicted octanol–water partition coefficient (Wildman–Crippen LogP) is 14.9. The van der Waals surface area contributed by atoms with Gasteiger partial charge in [-0.05, 0) is 208 Å². The average Bonchev–Trinajstić information content (AvgIpc) is 1.79. The third kappa shape index (κ3) is 24.2. The molecule has 9 aromatic rings. The van der Waals surface area contributed by atoms with E-state index in [1.165, 1.54) is 33.4 Å². The van der Waals surface area contributed by atoms with Gasteiger partial charge < -0.3 is 59.1 Å². The molecule has 3 N–H and O–H groups in total. The maximum absolute atomic E-state index is 13.1. The second-order valence-corrected chi connectivity index (χ2v) is 34.8. The Morgan fingerprint density at radius 3 is 0.940 bits per heavy atom. The van der Waals surface area contributed by atoms with E-state index >= 15 is 0 Å². The molecule has 6 aromatic heterocycles. The van der Waals surface area contributed by atoms with Crippen LogP contribution in [0.1, 0.15) is 190 Å². The Morgan fingerprint density at radius 1 is 0.393 bits per heavy atom. The molecule has 6 aliphatic rings. The summed E-state index contributed by atoms with van der Waals surface area (Å²) < 4.78 is 38.9. The molecule has 0 radical (unpaired) electrons. The number of nitrogens with zero attached hydrogens (tertiary/aromatic N) is 15. The van der Waals surface area contributed by atoms with Crippen LogP contribution in [0.5, 0.6) is 0 Å². The summed E-state index contributed by atoms with van der Waals surface area (Å²) in [6.45, 7) is 26.6. The van der Waals surface area contributed by atoms with Gasteiger partial charge in [-0.25, -0.2) is 29.9 Å². The van der Waals surface area contributed by atoms with Gasteiger partial charge in [0, 0.05) is 134 Å². The van der Waals surface area contributed by atoms with Gasteiger partial charge in [0.15, 0.2) is 0 Å². The van der Waals surface area contributed by atoms with E-state index in [1.54, 1.807) is 58.5 Å². The second-order valence-electron chi connectivity index (χ2n) is 34.8.